The molecule has 0 atom stereocenters. The van der Waals surface area contributed by atoms with E-state index in [1.807, 2.05) is 6.07 Å². The molecule has 2 aliphatic rings. The number of benzene rings is 1. The molecule has 28 heavy (non-hydrogen) atoms. The Hall–Kier alpha value is -2.01. The van der Waals surface area contributed by atoms with Crippen LogP contribution in [0.5, 0.6) is 11.5 Å². The largest absolute Gasteiger partial charge is 0.493 e. The van der Waals surface area contributed by atoms with E-state index < -0.39 is 0 Å². The number of hydrogen-bond acceptors (Lipinski definition) is 5. The third-order valence-corrected chi connectivity index (χ3v) is 6.24. The Morgan fingerprint density at radius 3 is 2.50 bits per heavy atom. The molecule has 5 nitrogen and oxygen atoms in total. The maximum Gasteiger partial charge on any atom is 0.162 e. The second kappa shape index (κ2) is 8.56. The van der Waals surface area contributed by atoms with Crippen molar-refractivity contribution in [2.24, 2.45) is 0 Å². The molecule has 2 heterocycles. The zero-order chi connectivity index (χ0) is 19.5. The Balaban J connectivity index is 1.71. The Bertz CT molecular complexity index is 823. The van der Waals surface area contributed by atoms with Crippen LogP contribution in [0.15, 0.2) is 12.1 Å². The van der Waals surface area contributed by atoms with Crippen molar-refractivity contribution in [2.45, 2.75) is 57.9 Å². The number of anilines is 1. The molecule has 0 saturated carbocycles. The lowest BCUT2D eigenvalue weighted by Crippen LogP contribution is -2.39. The van der Waals surface area contributed by atoms with Gasteiger partial charge in [-0.05, 0) is 63.1 Å². The average Bonchev–Trinajstić information content (AvgIpc) is 2.74. The molecule has 0 unspecified atom stereocenters. The van der Waals surface area contributed by atoms with Gasteiger partial charge in [-0.3, -0.25) is 4.98 Å². The molecule has 2 aromatic rings. The topological polar surface area (TPSA) is 46.6 Å². The first kappa shape index (κ1) is 19.3. The van der Waals surface area contributed by atoms with Crippen LogP contribution in [0.3, 0.4) is 0 Å². The molecule has 0 amide bonds. The van der Waals surface area contributed by atoms with Crippen LogP contribution in [0.2, 0.25) is 0 Å². The summed E-state index contributed by atoms with van der Waals surface area (Å²) < 4.78 is 11.1. The Morgan fingerprint density at radius 2 is 1.79 bits per heavy atom. The maximum atomic E-state index is 5.59. The molecule has 1 aromatic heterocycles. The second-order valence-electron chi connectivity index (χ2n) is 8.10. The van der Waals surface area contributed by atoms with Crippen molar-refractivity contribution in [3.63, 3.8) is 0 Å². The molecule has 0 radical (unpaired) electrons. The van der Waals surface area contributed by atoms with Gasteiger partial charge in [0.15, 0.2) is 11.5 Å². The summed E-state index contributed by atoms with van der Waals surface area (Å²) >= 11 is 0. The molecule has 152 valence electrons. The number of fused-ring (bicyclic) bond motifs is 2. The Kier molecular flexibility index (Phi) is 5.90. The number of piperidine rings is 1. The highest BCUT2D eigenvalue weighted by Gasteiger charge is 2.24. The van der Waals surface area contributed by atoms with Gasteiger partial charge in [0.25, 0.3) is 0 Å². The van der Waals surface area contributed by atoms with E-state index in [1.54, 1.807) is 14.2 Å². The number of nitrogens with zero attached hydrogens (tertiary/aromatic N) is 2. The van der Waals surface area contributed by atoms with Gasteiger partial charge in [-0.1, -0.05) is 6.92 Å². The van der Waals surface area contributed by atoms with Crippen LogP contribution in [-0.2, 0) is 12.8 Å². The molecule has 1 saturated heterocycles. The number of aromatic nitrogens is 1. The Labute approximate surface area is 168 Å². The number of methoxy groups -OCH3 is 2. The first-order chi connectivity index (χ1) is 13.7. The van der Waals surface area contributed by atoms with Crippen molar-refractivity contribution >= 4 is 16.6 Å². The fraction of sp³-hybridized carbons (Fsp3) is 0.609. The zero-order valence-corrected chi connectivity index (χ0v) is 17.5. The smallest absolute Gasteiger partial charge is 0.162 e. The second-order valence-corrected chi connectivity index (χ2v) is 8.10. The first-order valence-electron chi connectivity index (χ1n) is 10.8. The molecule has 1 aliphatic heterocycles. The predicted molar refractivity (Wildman–Crippen MR) is 115 cm³/mol. The fourth-order valence-corrected chi connectivity index (χ4v) is 4.74. The molecule has 0 bridgehead atoms. The van der Waals surface area contributed by atoms with Gasteiger partial charge in [0, 0.05) is 42.0 Å². The van der Waals surface area contributed by atoms with Gasteiger partial charge >= 0.3 is 0 Å². The molecule has 0 spiro atoms. The summed E-state index contributed by atoms with van der Waals surface area (Å²) in [6.45, 7) is 5.86. The quantitative estimate of drug-likeness (QED) is 0.800. The van der Waals surface area contributed by atoms with Crippen LogP contribution in [-0.4, -0.2) is 49.8 Å². The van der Waals surface area contributed by atoms with E-state index in [2.05, 4.69) is 23.2 Å². The van der Waals surface area contributed by atoms with Crippen molar-refractivity contribution in [3.8, 4) is 11.5 Å². The summed E-state index contributed by atoms with van der Waals surface area (Å²) in [7, 11) is 3.39. The third kappa shape index (κ3) is 3.77. The van der Waals surface area contributed by atoms with Gasteiger partial charge in [0.1, 0.15) is 0 Å². The summed E-state index contributed by atoms with van der Waals surface area (Å²) in [6, 6.07) is 4.65. The van der Waals surface area contributed by atoms with Crippen molar-refractivity contribution in [1.29, 1.82) is 0 Å². The van der Waals surface area contributed by atoms with Crippen LogP contribution >= 0.6 is 0 Å². The van der Waals surface area contributed by atoms with Gasteiger partial charge in [0.05, 0.1) is 19.7 Å². The molecule has 1 fully saturated rings. The molecule has 4 rings (SSSR count). The minimum absolute atomic E-state index is 0.526. The number of nitrogens with one attached hydrogen (secondary N) is 1. The summed E-state index contributed by atoms with van der Waals surface area (Å²) in [5.74, 6) is 1.52. The van der Waals surface area contributed by atoms with Crippen LogP contribution < -0.4 is 14.8 Å². The maximum absolute atomic E-state index is 5.59. The molecule has 1 aliphatic carbocycles. The van der Waals surface area contributed by atoms with Gasteiger partial charge in [-0.2, -0.15) is 0 Å². The number of ether oxygens (including phenoxy) is 2. The van der Waals surface area contributed by atoms with E-state index in [0.29, 0.717) is 6.04 Å². The highest BCUT2D eigenvalue weighted by atomic mass is 16.5. The summed E-state index contributed by atoms with van der Waals surface area (Å²) in [5.41, 5.74) is 4.97. The standard InChI is InChI=1S/C23H33N3O2/c1-4-11-26-12-9-16(10-13-26)24-23-17-7-5-6-8-19(17)25-20-15-22(28-3)21(27-2)14-18(20)23/h14-16H,4-13H2,1-3H3,(H,24,25). The van der Waals surface area contributed by atoms with Gasteiger partial charge in [0.2, 0.25) is 0 Å². The molecular formula is C23H33N3O2. The molecule has 1 aromatic carbocycles. The minimum atomic E-state index is 0.526. The summed E-state index contributed by atoms with van der Waals surface area (Å²) in [5, 5.41) is 5.10. The molecule has 1 N–H and O–H groups in total. The van der Waals surface area contributed by atoms with E-state index in [4.69, 9.17) is 14.5 Å². The van der Waals surface area contributed by atoms with Crippen molar-refractivity contribution < 1.29 is 9.47 Å². The van der Waals surface area contributed by atoms with Gasteiger partial charge in [-0.25, -0.2) is 0 Å². The number of hydrogen-bond donors (Lipinski definition) is 1. The van der Waals surface area contributed by atoms with E-state index in [9.17, 15) is 0 Å². The van der Waals surface area contributed by atoms with Crippen LogP contribution in [0, 0.1) is 0 Å². The summed E-state index contributed by atoms with van der Waals surface area (Å²) in [4.78, 5) is 7.60. The minimum Gasteiger partial charge on any atom is -0.493 e. The number of rotatable bonds is 6. The lowest BCUT2D eigenvalue weighted by atomic mass is 9.91. The van der Waals surface area contributed by atoms with Crippen LogP contribution in [0.4, 0.5) is 5.69 Å². The SMILES string of the molecule is CCCN1CCC(Nc2c3c(nc4cc(OC)c(OC)cc24)CCCC3)CC1. The predicted octanol–water partition coefficient (Wildman–Crippen LogP) is 4.42. The van der Waals surface area contributed by atoms with Crippen molar-refractivity contribution in [2.75, 3.05) is 39.2 Å². The van der Waals surface area contributed by atoms with Crippen LogP contribution in [0.1, 0.15) is 50.3 Å². The normalized spacial score (nSPS) is 18.1. The van der Waals surface area contributed by atoms with Gasteiger partial charge in [-0.15, -0.1) is 0 Å². The fourth-order valence-electron chi connectivity index (χ4n) is 4.74. The molecule has 5 heteroatoms. The monoisotopic (exact) mass is 383 g/mol. The number of aryl methyl sites for hydroxylation is 1. The highest BCUT2D eigenvalue weighted by Crippen LogP contribution is 2.39. The van der Waals surface area contributed by atoms with E-state index >= 15 is 0 Å². The summed E-state index contributed by atoms with van der Waals surface area (Å²) in [6.07, 6.45) is 8.30. The van der Waals surface area contributed by atoms with Crippen molar-refractivity contribution in [3.05, 3.63) is 23.4 Å². The van der Waals surface area contributed by atoms with Gasteiger partial charge < -0.3 is 19.7 Å². The third-order valence-electron chi connectivity index (χ3n) is 6.24. The van der Waals surface area contributed by atoms with E-state index in [-0.39, 0.29) is 0 Å². The Morgan fingerprint density at radius 1 is 1.07 bits per heavy atom. The molecular weight excluding hydrogens is 350 g/mol. The van der Waals surface area contributed by atoms with E-state index in [0.717, 1.165) is 35.2 Å². The first-order valence-corrected chi connectivity index (χ1v) is 10.8. The number of likely N-dealkylation sites (tertiary alicyclic amines) is 1. The van der Waals surface area contributed by atoms with Crippen LogP contribution in [0.25, 0.3) is 10.9 Å². The van der Waals surface area contributed by atoms with Crippen molar-refractivity contribution in [1.82, 2.24) is 9.88 Å². The number of pyridine rings is 1. The lowest BCUT2D eigenvalue weighted by Gasteiger charge is -2.34. The zero-order valence-electron chi connectivity index (χ0n) is 17.5. The lowest BCUT2D eigenvalue weighted by molar-refractivity contribution is 0.219. The average molecular weight is 384 g/mol. The van der Waals surface area contributed by atoms with E-state index in [1.165, 1.54) is 68.7 Å². The highest BCUT2D eigenvalue weighted by molar-refractivity contribution is 5.96.